The molecule has 0 saturated heterocycles. The summed E-state index contributed by atoms with van der Waals surface area (Å²) in [5.74, 6) is -1.47. The Balaban J connectivity index is 2.92. The lowest BCUT2D eigenvalue weighted by Crippen LogP contribution is -2.35. The lowest BCUT2D eigenvalue weighted by molar-refractivity contribution is -0.117. The number of carbonyl (C=O) groups is 2. The molecule has 0 heterocycles. The molecule has 1 amide bonds. The zero-order valence-corrected chi connectivity index (χ0v) is 11.5. The summed E-state index contributed by atoms with van der Waals surface area (Å²) in [4.78, 5) is 22.8. The van der Waals surface area contributed by atoms with Crippen LogP contribution in [0, 0.1) is 0 Å². The molecule has 0 fully saturated rings. The van der Waals surface area contributed by atoms with Crippen LogP contribution in [0.15, 0.2) is 22.7 Å². The molecule has 1 aromatic carbocycles. The van der Waals surface area contributed by atoms with Gasteiger partial charge in [-0.15, -0.1) is 0 Å². The van der Waals surface area contributed by atoms with Crippen molar-refractivity contribution >= 4 is 33.5 Å². The maximum absolute atomic E-state index is 11.7. The zero-order valence-electron chi connectivity index (χ0n) is 9.94. The molecule has 18 heavy (non-hydrogen) atoms. The second-order valence-corrected chi connectivity index (χ2v) is 4.80. The highest BCUT2D eigenvalue weighted by Gasteiger charge is 2.16. The van der Waals surface area contributed by atoms with Crippen LogP contribution in [0.25, 0.3) is 0 Å². The van der Waals surface area contributed by atoms with E-state index in [1.807, 2.05) is 6.92 Å². The smallest absolute Gasteiger partial charge is 0.337 e. The number of halogens is 1. The minimum Gasteiger partial charge on any atom is -0.478 e. The highest BCUT2D eigenvalue weighted by Crippen LogP contribution is 2.21. The number of anilines is 1. The van der Waals surface area contributed by atoms with E-state index in [2.05, 4.69) is 21.2 Å². The number of nitrogens with one attached hydrogen (secondary N) is 1. The number of amides is 1. The van der Waals surface area contributed by atoms with Gasteiger partial charge in [-0.2, -0.15) is 0 Å². The first-order valence-corrected chi connectivity index (χ1v) is 6.34. The van der Waals surface area contributed by atoms with Gasteiger partial charge in [0.25, 0.3) is 0 Å². The predicted molar refractivity (Wildman–Crippen MR) is 72.6 cm³/mol. The zero-order chi connectivity index (χ0) is 13.7. The van der Waals surface area contributed by atoms with E-state index in [0.717, 1.165) is 6.42 Å². The standard InChI is InChI=1S/C12H15BrN2O3/c1-2-3-9(14)11(16)15-10-6-7(13)4-5-8(10)12(17)18/h4-6,9H,2-3,14H2,1H3,(H,15,16)(H,17,18)/t9-/m0/s1. The molecule has 0 bridgehead atoms. The molecule has 1 rings (SSSR count). The first-order chi connectivity index (χ1) is 8.45. The Hall–Kier alpha value is -1.40. The van der Waals surface area contributed by atoms with Gasteiger partial charge < -0.3 is 16.2 Å². The van der Waals surface area contributed by atoms with Gasteiger partial charge in [-0.05, 0) is 24.6 Å². The summed E-state index contributed by atoms with van der Waals surface area (Å²) in [6.07, 6.45) is 1.35. The molecular weight excluding hydrogens is 300 g/mol. The summed E-state index contributed by atoms with van der Waals surface area (Å²) in [7, 11) is 0. The number of hydrogen-bond donors (Lipinski definition) is 3. The number of aromatic carboxylic acids is 1. The summed E-state index contributed by atoms with van der Waals surface area (Å²) in [5, 5.41) is 11.6. The lowest BCUT2D eigenvalue weighted by Gasteiger charge is -2.13. The van der Waals surface area contributed by atoms with Crippen LogP contribution in [0.3, 0.4) is 0 Å². The summed E-state index contributed by atoms with van der Waals surface area (Å²) in [5.41, 5.74) is 5.95. The van der Waals surface area contributed by atoms with Crippen LogP contribution in [0.2, 0.25) is 0 Å². The average molecular weight is 315 g/mol. The van der Waals surface area contributed by atoms with Crippen molar-refractivity contribution in [3.8, 4) is 0 Å². The van der Waals surface area contributed by atoms with Crippen molar-refractivity contribution in [2.24, 2.45) is 5.73 Å². The number of carboxylic acids is 1. The molecular formula is C12H15BrN2O3. The SMILES string of the molecule is CCC[C@H](N)C(=O)Nc1cc(Br)ccc1C(=O)O. The van der Waals surface area contributed by atoms with Crippen molar-refractivity contribution in [1.29, 1.82) is 0 Å². The van der Waals surface area contributed by atoms with Crippen LogP contribution in [0.5, 0.6) is 0 Å². The molecule has 1 atom stereocenters. The summed E-state index contributed by atoms with van der Waals surface area (Å²) >= 11 is 3.23. The Labute approximate surface area is 113 Å². The third-order valence-corrected chi connectivity index (χ3v) is 2.90. The number of carbonyl (C=O) groups excluding carboxylic acids is 1. The monoisotopic (exact) mass is 314 g/mol. The van der Waals surface area contributed by atoms with E-state index in [-0.39, 0.29) is 17.2 Å². The van der Waals surface area contributed by atoms with Crippen LogP contribution in [0.4, 0.5) is 5.69 Å². The van der Waals surface area contributed by atoms with Gasteiger partial charge in [0.15, 0.2) is 0 Å². The van der Waals surface area contributed by atoms with Crippen LogP contribution >= 0.6 is 15.9 Å². The Morgan fingerprint density at radius 3 is 2.72 bits per heavy atom. The fourth-order valence-corrected chi connectivity index (χ4v) is 1.83. The number of hydrogen-bond acceptors (Lipinski definition) is 3. The summed E-state index contributed by atoms with van der Waals surface area (Å²) in [6, 6.07) is 3.94. The molecule has 0 aliphatic carbocycles. The normalized spacial score (nSPS) is 11.9. The van der Waals surface area contributed by atoms with Gasteiger partial charge in [-0.1, -0.05) is 29.3 Å². The van der Waals surface area contributed by atoms with Crippen molar-refractivity contribution in [1.82, 2.24) is 0 Å². The van der Waals surface area contributed by atoms with Crippen molar-refractivity contribution in [2.75, 3.05) is 5.32 Å². The number of nitrogens with two attached hydrogens (primary N) is 1. The van der Waals surface area contributed by atoms with Crippen LogP contribution < -0.4 is 11.1 Å². The number of carboxylic acid groups (broad SMARTS) is 1. The van der Waals surface area contributed by atoms with E-state index < -0.39 is 12.0 Å². The van der Waals surface area contributed by atoms with Gasteiger partial charge in [0.05, 0.1) is 17.3 Å². The Kier molecular flexibility index (Phi) is 5.30. The van der Waals surface area contributed by atoms with Crippen molar-refractivity contribution in [3.63, 3.8) is 0 Å². The molecule has 98 valence electrons. The molecule has 4 N–H and O–H groups in total. The predicted octanol–water partition coefficient (Wildman–Crippen LogP) is 2.21. The number of benzene rings is 1. The first-order valence-electron chi connectivity index (χ1n) is 5.55. The maximum Gasteiger partial charge on any atom is 0.337 e. The first kappa shape index (κ1) is 14.7. The molecule has 5 nitrogen and oxygen atoms in total. The molecule has 0 aliphatic rings. The molecule has 6 heteroatoms. The van der Waals surface area contributed by atoms with E-state index in [0.29, 0.717) is 10.9 Å². The van der Waals surface area contributed by atoms with Crippen LogP contribution in [-0.4, -0.2) is 23.0 Å². The van der Waals surface area contributed by atoms with Gasteiger partial charge in [0.1, 0.15) is 0 Å². The van der Waals surface area contributed by atoms with E-state index in [9.17, 15) is 9.59 Å². The lowest BCUT2D eigenvalue weighted by atomic mass is 10.1. The van der Waals surface area contributed by atoms with E-state index >= 15 is 0 Å². The third kappa shape index (κ3) is 3.82. The van der Waals surface area contributed by atoms with Crippen molar-refractivity contribution in [2.45, 2.75) is 25.8 Å². The van der Waals surface area contributed by atoms with Crippen LogP contribution in [0.1, 0.15) is 30.1 Å². The highest BCUT2D eigenvalue weighted by atomic mass is 79.9. The van der Waals surface area contributed by atoms with Gasteiger partial charge in [-0.3, -0.25) is 4.79 Å². The number of rotatable bonds is 5. The van der Waals surface area contributed by atoms with E-state index in [4.69, 9.17) is 10.8 Å². The second kappa shape index (κ2) is 6.51. The minimum absolute atomic E-state index is 0.0373. The van der Waals surface area contributed by atoms with Crippen LogP contribution in [-0.2, 0) is 4.79 Å². The summed E-state index contributed by atoms with van der Waals surface area (Å²) < 4.78 is 0.687. The summed E-state index contributed by atoms with van der Waals surface area (Å²) in [6.45, 7) is 1.93. The molecule has 0 unspecified atom stereocenters. The Bertz CT molecular complexity index is 463. The largest absolute Gasteiger partial charge is 0.478 e. The quantitative estimate of drug-likeness (QED) is 0.777. The molecule has 0 aliphatic heterocycles. The fourth-order valence-electron chi connectivity index (χ4n) is 1.47. The van der Waals surface area contributed by atoms with Crippen molar-refractivity contribution in [3.05, 3.63) is 28.2 Å². The molecule has 0 saturated carbocycles. The Morgan fingerprint density at radius 2 is 2.17 bits per heavy atom. The second-order valence-electron chi connectivity index (χ2n) is 3.88. The fraction of sp³-hybridized carbons (Fsp3) is 0.333. The van der Waals surface area contributed by atoms with E-state index in [1.54, 1.807) is 12.1 Å². The van der Waals surface area contributed by atoms with Crippen molar-refractivity contribution < 1.29 is 14.7 Å². The van der Waals surface area contributed by atoms with Gasteiger partial charge in [-0.25, -0.2) is 4.79 Å². The maximum atomic E-state index is 11.7. The molecule has 1 aromatic rings. The topological polar surface area (TPSA) is 92.4 Å². The molecule has 0 aromatic heterocycles. The highest BCUT2D eigenvalue weighted by molar-refractivity contribution is 9.10. The van der Waals surface area contributed by atoms with E-state index in [1.165, 1.54) is 6.07 Å². The minimum atomic E-state index is -1.10. The molecule has 0 spiro atoms. The third-order valence-electron chi connectivity index (χ3n) is 2.41. The average Bonchev–Trinajstić information content (AvgIpc) is 2.28. The molecule has 0 radical (unpaired) electrons. The van der Waals surface area contributed by atoms with Gasteiger partial charge in [0.2, 0.25) is 5.91 Å². The Morgan fingerprint density at radius 1 is 1.50 bits per heavy atom. The van der Waals surface area contributed by atoms with Gasteiger partial charge >= 0.3 is 5.97 Å². The van der Waals surface area contributed by atoms with Gasteiger partial charge in [0, 0.05) is 4.47 Å².